The summed E-state index contributed by atoms with van der Waals surface area (Å²) in [5.74, 6) is 7.67. The molecule has 418 valence electrons. The molecule has 5 heterocycles. The van der Waals surface area contributed by atoms with Gasteiger partial charge in [-0.25, -0.2) is 27.9 Å². The average molecular weight is 1160 g/mol. The number of hydrogen-bond acceptors (Lipinski definition) is 19. The Morgan fingerprint density at radius 1 is 0.482 bits per heavy atom. The van der Waals surface area contributed by atoms with Crippen molar-refractivity contribution in [1.29, 1.82) is 0 Å². The summed E-state index contributed by atoms with van der Waals surface area (Å²) >= 11 is 0. The highest BCUT2D eigenvalue weighted by Crippen LogP contribution is 2.44. The summed E-state index contributed by atoms with van der Waals surface area (Å²) in [5.41, 5.74) is 5.26. The normalized spacial score (nSPS) is 11.2. The number of nitrogens with zero attached hydrogens (tertiary/aromatic N) is 1. The minimum atomic E-state index is -4.00. The number of hydrogen-bond donors (Lipinski definition) is 3. The molecule has 1 aliphatic heterocycles. The molecule has 0 spiro atoms. The van der Waals surface area contributed by atoms with Crippen LogP contribution in [-0.2, 0) is 23.3 Å². The number of halogens is 1. The third-order valence-corrected chi connectivity index (χ3v) is 14.4. The van der Waals surface area contributed by atoms with Crippen LogP contribution in [0.1, 0.15) is 42.2 Å². The molecule has 4 aromatic heterocycles. The van der Waals surface area contributed by atoms with Gasteiger partial charge in [-0.2, -0.15) is 5.10 Å². The van der Waals surface area contributed by atoms with E-state index in [1.54, 1.807) is 84.9 Å². The van der Waals surface area contributed by atoms with Gasteiger partial charge in [-0.15, -0.1) is 0 Å². The molecule has 0 unspecified atom stereocenters. The number of hydrazine groups is 1. The maximum absolute atomic E-state index is 12.7. The molecule has 22 heteroatoms. The van der Waals surface area contributed by atoms with Crippen molar-refractivity contribution in [1.82, 2.24) is 10.2 Å². The summed E-state index contributed by atoms with van der Waals surface area (Å²) < 4.78 is 59.7. The maximum atomic E-state index is 12.7. The van der Waals surface area contributed by atoms with E-state index in [9.17, 15) is 42.0 Å². The molecule has 5 N–H and O–H groups in total. The zero-order valence-corrected chi connectivity index (χ0v) is 45.9. The van der Waals surface area contributed by atoms with E-state index in [-0.39, 0.29) is 70.7 Å². The quantitative estimate of drug-likeness (QED) is 0.0368. The Balaban J connectivity index is 0.000000132. The van der Waals surface area contributed by atoms with Crippen molar-refractivity contribution >= 4 is 114 Å². The molecular formula is C61H45ClN4O16S. The molecule has 0 amide bonds. The van der Waals surface area contributed by atoms with Gasteiger partial charge in [0.25, 0.3) is 14.6 Å². The third kappa shape index (κ3) is 11.1. The van der Waals surface area contributed by atoms with Crippen LogP contribution >= 0.6 is 10.7 Å². The summed E-state index contributed by atoms with van der Waals surface area (Å²) in [6.45, 7) is 3.92. The number of nitrogens with one attached hydrogen (secondary N) is 1. The SMILES string of the molecule is COC(=O)c1cccc2oc3ccc(C)cc3c(=O)c12.COC(=O)c1cccc2oc3ccc(S(=O)(=O)Cl)cc3c(=O)c12.COC(=O)c1cccc2oc3ccccc3c(=O)c12.Cc1ccc2c(c1)-c1n[nH]c(=O)c3cccc(c13)O2.NN. The molecule has 0 aliphatic carbocycles. The topological polar surface area (TPSA) is 311 Å². The zero-order chi connectivity index (χ0) is 59.4. The van der Waals surface area contributed by atoms with Crippen molar-refractivity contribution in [2.24, 2.45) is 11.7 Å². The maximum Gasteiger partial charge on any atom is 0.338 e. The van der Waals surface area contributed by atoms with Crippen LogP contribution in [0.3, 0.4) is 0 Å². The Labute approximate surface area is 472 Å². The number of para-hydroxylation sites is 1. The number of fused-ring (bicyclic) bond motifs is 8. The minimum Gasteiger partial charge on any atom is -0.465 e. The molecule has 0 fully saturated rings. The number of aromatic nitrogens is 2. The number of benzene rings is 8. The zero-order valence-electron chi connectivity index (χ0n) is 44.4. The van der Waals surface area contributed by atoms with Gasteiger partial charge in [-0.1, -0.05) is 59.7 Å². The first-order chi connectivity index (χ1) is 39.9. The van der Waals surface area contributed by atoms with Crippen LogP contribution in [0.4, 0.5) is 0 Å². The first-order valence-electron chi connectivity index (χ1n) is 24.6. The van der Waals surface area contributed by atoms with E-state index in [0.717, 1.165) is 39.6 Å². The smallest absolute Gasteiger partial charge is 0.338 e. The molecule has 12 aromatic rings. The van der Waals surface area contributed by atoms with Crippen LogP contribution in [0.5, 0.6) is 11.5 Å². The van der Waals surface area contributed by atoms with Gasteiger partial charge in [-0.05, 0) is 117 Å². The molecule has 0 saturated heterocycles. The fraction of sp³-hybridized carbons (Fsp3) is 0.0820. The summed E-state index contributed by atoms with van der Waals surface area (Å²) in [6.07, 6.45) is 0. The highest BCUT2D eigenvalue weighted by molar-refractivity contribution is 8.13. The molecule has 20 nitrogen and oxygen atoms in total. The number of esters is 3. The Hall–Kier alpha value is -10.3. The van der Waals surface area contributed by atoms with Gasteiger partial charge >= 0.3 is 17.9 Å². The van der Waals surface area contributed by atoms with E-state index in [0.29, 0.717) is 44.2 Å². The second-order valence-electron chi connectivity index (χ2n) is 18.1. The molecule has 0 saturated carbocycles. The predicted molar refractivity (Wildman–Crippen MR) is 313 cm³/mol. The summed E-state index contributed by atoms with van der Waals surface area (Å²) in [6, 6.07) is 41.7. The molecule has 83 heavy (non-hydrogen) atoms. The van der Waals surface area contributed by atoms with Crippen LogP contribution in [0.25, 0.3) is 87.8 Å². The van der Waals surface area contributed by atoms with Gasteiger partial charge in [-0.3, -0.25) is 30.9 Å². The molecule has 8 aromatic carbocycles. The number of nitrogens with two attached hydrogens (primary N) is 2. The number of H-pyrrole nitrogens is 1. The first kappa shape index (κ1) is 57.4. The van der Waals surface area contributed by atoms with Gasteiger partial charge < -0.3 is 32.2 Å². The summed E-state index contributed by atoms with van der Waals surface area (Å²) in [5, 5.41) is 9.61. The van der Waals surface area contributed by atoms with Crippen molar-refractivity contribution in [2.45, 2.75) is 18.7 Å². The van der Waals surface area contributed by atoms with E-state index in [1.807, 2.05) is 50.2 Å². The third-order valence-electron chi connectivity index (χ3n) is 13.0. The minimum absolute atomic E-state index is 0.00979. The highest BCUT2D eigenvalue weighted by Gasteiger charge is 2.24. The van der Waals surface area contributed by atoms with Crippen LogP contribution in [0.15, 0.2) is 189 Å². The standard InChI is InChI=1S/C16H12O4.C15H9ClO6S.C15H10N2O2.C15H10O4.H4N2/c1-9-6-7-12-11(8-9)15(17)14-10(16(18)19-2)4-3-5-13(14)20-12;1-21-15(18)9-3-2-4-12-13(9)14(17)10-7-8(23(16,19)20)5-6-11(10)22-12;1-8-5-6-11-10(7-8)14-13-9(15(18)17-16-14)3-2-4-12(13)19-11;1-18-15(17)10-6-4-8-12-13(10)14(16)9-5-2-3-7-11(9)19-12;1-2/h3-8H,1-2H3;2-7H,1H3;2-7H,1H3,(H,17,18);2-8H,1H3;1-2H2. The summed E-state index contributed by atoms with van der Waals surface area (Å²) in [4.78, 5) is 84.7. The number of ether oxygens (including phenoxy) is 4. The Morgan fingerprint density at radius 3 is 1.45 bits per heavy atom. The molecule has 0 bridgehead atoms. The average Bonchev–Trinajstić information content (AvgIpc) is 3.27. The van der Waals surface area contributed by atoms with E-state index in [4.69, 9.17) is 38.1 Å². The van der Waals surface area contributed by atoms with Gasteiger partial charge in [0, 0.05) is 16.2 Å². The fourth-order valence-electron chi connectivity index (χ4n) is 9.24. The van der Waals surface area contributed by atoms with Crippen molar-refractivity contribution in [3.05, 3.63) is 221 Å². The predicted octanol–water partition coefficient (Wildman–Crippen LogP) is 10.3. The monoisotopic (exact) mass is 1160 g/mol. The van der Waals surface area contributed by atoms with Crippen molar-refractivity contribution < 1.29 is 55.0 Å². The lowest BCUT2D eigenvalue weighted by Crippen LogP contribution is -2.12. The van der Waals surface area contributed by atoms with E-state index < -0.39 is 32.4 Å². The number of aryl methyl sites for hydroxylation is 2. The number of carbonyl (C=O) groups is 3. The van der Waals surface area contributed by atoms with Gasteiger partial charge in [0.1, 0.15) is 50.7 Å². The highest BCUT2D eigenvalue weighted by atomic mass is 35.7. The van der Waals surface area contributed by atoms with Crippen LogP contribution in [-0.4, -0.2) is 57.9 Å². The number of aromatic amines is 1. The Kier molecular flexibility index (Phi) is 16.4. The number of methoxy groups -OCH3 is 3. The van der Waals surface area contributed by atoms with Gasteiger partial charge in [0.15, 0.2) is 0 Å². The van der Waals surface area contributed by atoms with Crippen LogP contribution < -0.4 is 38.3 Å². The van der Waals surface area contributed by atoms with Crippen LogP contribution in [0.2, 0.25) is 0 Å². The fourth-order valence-corrected chi connectivity index (χ4v) is 10.0. The second kappa shape index (κ2) is 23.8. The largest absolute Gasteiger partial charge is 0.465 e. The molecule has 13 rings (SSSR count). The van der Waals surface area contributed by atoms with Crippen LogP contribution in [0, 0.1) is 13.8 Å². The number of carbonyl (C=O) groups excluding carboxylic acids is 3. The van der Waals surface area contributed by atoms with Crippen molar-refractivity contribution in [3.63, 3.8) is 0 Å². The first-order valence-corrected chi connectivity index (χ1v) is 26.9. The Morgan fingerprint density at radius 2 is 0.916 bits per heavy atom. The lowest BCUT2D eigenvalue weighted by atomic mass is 9.99. The van der Waals surface area contributed by atoms with Gasteiger partial charge in [0.2, 0.25) is 16.3 Å². The Bertz CT molecular complexity index is 5000. The van der Waals surface area contributed by atoms with E-state index in [2.05, 4.69) is 26.6 Å². The molecule has 0 radical (unpaired) electrons. The van der Waals surface area contributed by atoms with Crippen molar-refractivity contribution in [3.8, 4) is 22.8 Å². The lowest BCUT2D eigenvalue weighted by Gasteiger charge is -2.19. The van der Waals surface area contributed by atoms with E-state index in [1.165, 1.54) is 45.6 Å². The summed E-state index contributed by atoms with van der Waals surface area (Å²) in [7, 11) is 5.07. The molecule has 0 atom stereocenters. The van der Waals surface area contributed by atoms with Crippen molar-refractivity contribution in [2.75, 3.05) is 21.3 Å². The molecular weight excluding hydrogens is 1110 g/mol. The van der Waals surface area contributed by atoms with Gasteiger partial charge in [0.05, 0.1) is 86.0 Å². The molecule has 1 aliphatic rings. The second-order valence-corrected chi connectivity index (χ2v) is 20.6. The van der Waals surface area contributed by atoms with E-state index >= 15 is 0 Å². The lowest BCUT2D eigenvalue weighted by molar-refractivity contribution is 0.0594. The number of rotatable bonds is 4.